The number of hydrogen-bond acceptors (Lipinski definition) is 6. The molecule has 186 valence electrons. The molecule has 0 bridgehead atoms. The lowest BCUT2D eigenvalue weighted by Crippen LogP contribution is -2.50. The summed E-state index contributed by atoms with van der Waals surface area (Å²) in [7, 11) is -1.99. The van der Waals surface area contributed by atoms with E-state index in [0.717, 1.165) is 59.9 Å². The number of hydrogen-bond donors (Lipinski definition) is 1. The fourth-order valence-electron chi connectivity index (χ4n) is 4.97. The minimum absolute atomic E-state index is 0.109. The van der Waals surface area contributed by atoms with Gasteiger partial charge in [0.15, 0.2) is 0 Å². The van der Waals surface area contributed by atoms with Crippen LogP contribution in [0, 0.1) is 20.8 Å². The number of rotatable bonds is 8. The fourth-order valence-corrected chi connectivity index (χ4v) is 6.45. The molecule has 1 aliphatic rings. The molecule has 1 saturated heterocycles. The molecular weight excluding hydrogens is 460 g/mol. The number of pyridine rings is 1. The minimum Gasteiger partial charge on any atom is -0.497 e. The van der Waals surface area contributed by atoms with Crippen molar-refractivity contribution in [3.05, 3.63) is 83.2 Å². The van der Waals surface area contributed by atoms with Gasteiger partial charge in [-0.25, -0.2) is 13.1 Å². The lowest BCUT2D eigenvalue weighted by molar-refractivity contribution is 0.186. The lowest BCUT2D eigenvalue weighted by atomic mass is 10.1. The molecular formula is C27H34N4O3S. The van der Waals surface area contributed by atoms with Gasteiger partial charge in [0, 0.05) is 50.8 Å². The number of piperazine rings is 1. The van der Waals surface area contributed by atoms with Crippen LogP contribution in [-0.4, -0.2) is 58.1 Å². The molecule has 8 heteroatoms. The lowest BCUT2D eigenvalue weighted by Gasteiger charge is -2.40. The number of benzene rings is 2. The first-order valence-corrected chi connectivity index (χ1v) is 13.4. The van der Waals surface area contributed by atoms with E-state index in [2.05, 4.69) is 31.6 Å². The Hall–Kier alpha value is -2.94. The van der Waals surface area contributed by atoms with Gasteiger partial charge in [-0.2, -0.15) is 0 Å². The van der Waals surface area contributed by atoms with E-state index >= 15 is 0 Å². The summed E-state index contributed by atoms with van der Waals surface area (Å²) >= 11 is 0. The third-order valence-corrected chi connectivity index (χ3v) is 8.33. The maximum absolute atomic E-state index is 13.3. The van der Waals surface area contributed by atoms with Crippen LogP contribution in [0.2, 0.25) is 0 Å². The average molecular weight is 495 g/mol. The number of ether oxygens (including phenoxy) is 1. The van der Waals surface area contributed by atoms with E-state index in [0.29, 0.717) is 4.90 Å². The quantitative estimate of drug-likeness (QED) is 0.513. The third kappa shape index (κ3) is 5.83. The predicted octanol–water partition coefficient (Wildman–Crippen LogP) is 3.86. The van der Waals surface area contributed by atoms with Gasteiger partial charge >= 0.3 is 0 Å². The molecule has 0 spiro atoms. The Morgan fingerprint density at radius 3 is 2.23 bits per heavy atom. The Morgan fingerprint density at radius 1 is 1.00 bits per heavy atom. The minimum atomic E-state index is -3.66. The zero-order chi connectivity index (χ0) is 25.0. The molecule has 1 aromatic heterocycles. The van der Waals surface area contributed by atoms with Crippen LogP contribution < -0.4 is 14.4 Å². The van der Waals surface area contributed by atoms with Crippen LogP contribution >= 0.6 is 0 Å². The zero-order valence-corrected chi connectivity index (χ0v) is 21.7. The summed E-state index contributed by atoms with van der Waals surface area (Å²) in [4.78, 5) is 9.35. The van der Waals surface area contributed by atoms with Crippen LogP contribution in [0.3, 0.4) is 0 Å². The van der Waals surface area contributed by atoms with E-state index < -0.39 is 10.0 Å². The molecule has 2 aromatic carbocycles. The van der Waals surface area contributed by atoms with Crippen LogP contribution in [0.4, 0.5) is 5.69 Å². The zero-order valence-electron chi connectivity index (χ0n) is 20.9. The van der Waals surface area contributed by atoms with Crippen molar-refractivity contribution in [2.45, 2.75) is 31.7 Å². The molecule has 0 unspecified atom stereocenters. The van der Waals surface area contributed by atoms with Crippen LogP contribution in [0.15, 0.2) is 65.8 Å². The van der Waals surface area contributed by atoms with Crippen molar-refractivity contribution >= 4 is 15.7 Å². The largest absolute Gasteiger partial charge is 0.497 e. The SMILES string of the molecule is COc1ccc(N2CCN([C@@H](CNS(=O)(=O)c3c(C)cc(C)cc3C)c3cccnc3)CC2)cc1. The van der Waals surface area contributed by atoms with Gasteiger partial charge < -0.3 is 9.64 Å². The Bertz CT molecular complexity index is 1220. The summed E-state index contributed by atoms with van der Waals surface area (Å²) < 4.78 is 34.8. The van der Waals surface area contributed by atoms with E-state index in [-0.39, 0.29) is 12.6 Å². The first-order valence-electron chi connectivity index (χ1n) is 11.9. The monoisotopic (exact) mass is 494 g/mol. The highest BCUT2D eigenvalue weighted by atomic mass is 32.2. The van der Waals surface area contributed by atoms with Crippen LogP contribution in [0.1, 0.15) is 28.3 Å². The second-order valence-corrected chi connectivity index (χ2v) is 10.8. The van der Waals surface area contributed by atoms with E-state index in [1.807, 2.05) is 63.4 Å². The normalized spacial score (nSPS) is 15.7. The molecule has 0 radical (unpaired) electrons. The number of nitrogens with zero attached hydrogens (tertiary/aromatic N) is 3. The topological polar surface area (TPSA) is 74.8 Å². The summed E-state index contributed by atoms with van der Waals surface area (Å²) in [5.74, 6) is 0.843. The first-order chi connectivity index (χ1) is 16.8. The molecule has 1 atom stereocenters. The molecule has 0 amide bonds. The summed E-state index contributed by atoms with van der Waals surface area (Å²) in [6.45, 7) is 9.30. The summed E-state index contributed by atoms with van der Waals surface area (Å²) in [5.41, 5.74) is 4.75. The highest BCUT2D eigenvalue weighted by Gasteiger charge is 2.28. The maximum atomic E-state index is 13.3. The van der Waals surface area contributed by atoms with Crippen molar-refractivity contribution in [3.8, 4) is 5.75 Å². The molecule has 3 aromatic rings. The number of aryl methyl sites for hydroxylation is 3. The van der Waals surface area contributed by atoms with Crippen LogP contribution in [0.5, 0.6) is 5.75 Å². The Labute approximate surface area is 208 Å². The number of nitrogens with one attached hydrogen (secondary N) is 1. The van der Waals surface area contributed by atoms with Crippen LogP contribution in [-0.2, 0) is 10.0 Å². The van der Waals surface area contributed by atoms with Gasteiger partial charge in [-0.05, 0) is 67.8 Å². The van der Waals surface area contributed by atoms with Gasteiger partial charge in [-0.1, -0.05) is 23.8 Å². The predicted molar refractivity (Wildman–Crippen MR) is 140 cm³/mol. The highest BCUT2D eigenvalue weighted by Crippen LogP contribution is 2.26. The average Bonchev–Trinajstić information content (AvgIpc) is 2.84. The first kappa shape index (κ1) is 25.2. The van der Waals surface area contributed by atoms with E-state index in [1.165, 1.54) is 0 Å². The van der Waals surface area contributed by atoms with Crippen molar-refractivity contribution in [1.82, 2.24) is 14.6 Å². The second kappa shape index (κ2) is 10.8. The Morgan fingerprint density at radius 2 is 1.66 bits per heavy atom. The van der Waals surface area contributed by atoms with Gasteiger partial charge in [0.25, 0.3) is 0 Å². The maximum Gasteiger partial charge on any atom is 0.241 e. The van der Waals surface area contributed by atoms with Gasteiger partial charge in [0.05, 0.1) is 18.0 Å². The summed E-state index contributed by atoms with van der Waals surface area (Å²) in [6, 6.07) is 15.7. The van der Waals surface area contributed by atoms with Crippen molar-refractivity contribution in [1.29, 1.82) is 0 Å². The molecule has 4 rings (SSSR count). The number of aromatic nitrogens is 1. The third-order valence-electron chi connectivity index (χ3n) is 6.60. The molecule has 2 heterocycles. The number of anilines is 1. The molecule has 1 fully saturated rings. The molecule has 0 saturated carbocycles. The Balaban J connectivity index is 1.50. The van der Waals surface area contributed by atoms with Gasteiger partial charge in [-0.15, -0.1) is 0 Å². The summed E-state index contributed by atoms with van der Waals surface area (Å²) in [6.07, 6.45) is 3.57. The highest BCUT2D eigenvalue weighted by molar-refractivity contribution is 7.89. The van der Waals surface area contributed by atoms with Crippen LogP contribution in [0.25, 0.3) is 0 Å². The van der Waals surface area contributed by atoms with Gasteiger partial charge in [-0.3, -0.25) is 9.88 Å². The number of sulfonamides is 1. The Kier molecular flexibility index (Phi) is 7.74. The molecule has 0 aliphatic carbocycles. The van der Waals surface area contributed by atoms with Crippen molar-refractivity contribution in [2.24, 2.45) is 0 Å². The fraction of sp³-hybridized carbons (Fsp3) is 0.370. The molecule has 35 heavy (non-hydrogen) atoms. The van der Waals surface area contributed by atoms with Crippen molar-refractivity contribution in [3.63, 3.8) is 0 Å². The van der Waals surface area contributed by atoms with E-state index in [1.54, 1.807) is 13.3 Å². The second-order valence-electron chi connectivity index (χ2n) is 9.10. The molecule has 1 N–H and O–H groups in total. The number of methoxy groups -OCH3 is 1. The standard InChI is InChI=1S/C27H34N4O3S/c1-20-16-21(2)27(22(3)17-20)35(32,33)29-19-26(23-6-5-11-28-18-23)31-14-12-30(13-15-31)24-7-9-25(34-4)10-8-24/h5-11,16-18,26,29H,12-15,19H2,1-4H3/t26-/m0/s1. The smallest absolute Gasteiger partial charge is 0.241 e. The van der Waals surface area contributed by atoms with Crippen molar-refractivity contribution < 1.29 is 13.2 Å². The summed E-state index contributed by atoms with van der Waals surface area (Å²) in [5, 5.41) is 0. The van der Waals surface area contributed by atoms with E-state index in [9.17, 15) is 8.42 Å². The van der Waals surface area contributed by atoms with Gasteiger partial charge in [0.2, 0.25) is 10.0 Å². The molecule has 1 aliphatic heterocycles. The van der Waals surface area contributed by atoms with Crippen molar-refractivity contribution in [2.75, 3.05) is 44.7 Å². The van der Waals surface area contributed by atoms with E-state index in [4.69, 9.17) is 4.74 Å². The van der Waals surface area contributed by atoms with Gasteiger partial charge in [0.1, 0.15) is 5.75 Å². The molecule has 7 nitrogen and oxygen atoms in total.